The second kappa shape index (κ2) is 21.6. The van der Waals surface area contributed by atoms with Crippen molar-refractivity contribution in [1.29, 1.82) is 0 Å². The van der Waals surface area contributed by atoms with Gasteiger partial charge in [0.25, 0.3) is 0 Å². The first kappa shape index (κ1) is 30.1. The van der Waals surface area contributed by atoms with E-state index in [1.165, 1.54) is 51.4 Å². The van der Waals surface area contributed by atoms with Crippen LogP contribution in [0.15, 0.2) is 0 Å². The zero-order chi connectivity index (χ0) is 19.5. The molecule has 4 nitrogen and oxygen atoms in total. The Morgan fingerprint density at radius 1 is 0.667 bits per heavy atom. The fourth-order valence-electron chi connectivity index (χ4n) is 3.48. The predicted octanol–water partition coefficient (Wildman–Crippen LogP) is 2.94. The summed E-state index contributed by atoms with van der Waals surface area (Å²) in [6.45, 7) is 2.47. The minimum atomic E-state index is -4.14. The monoisotopic (exact) mass is 414 g/mol. The summed E-state index contributed by atoms with van der Waals surface area (Å²) in [5, 5.41) is 8.05. The van der Waals surface area contributed by atoms with Crippen LogP contribution in [0.4, 0.5) is 0 Å². The van der Waals surface area contributed by atoms with Crippen LogP contribution in [-0.2, 0) is 10.1 Å². The average Bonchev–Trinajstić information content (AvgIpc) is 2.59. The van der Waals surface area contributed by atoms with Crippen LogP contribution in [-0.4, -0.2) is 29.9 Å². The number of hydrogen-bond acceptors (Lipinski definition) is 4. The number of unbranched alkanes of at least 4 members (excludes halogenated alkanes) is 14. The first-order valence-electron chi connectivity index (χ1n) is 11.1. The molecular weight excluding hydrogens is 371 g/mol. The van der Waals surface area contributed by atoms with Gasteiger partial charge in [0.05, 0.1) is 10.1 Å². The molecule has 0 amide bonds. The van der Waals surface area contributed by atoms with E-state index in [1.54, 1.807) is 0 Å². The third kappa shape index (κ3) is 21.4. The van der Waals surface area contributed by atoms with Crippen LogP contribution in [0.5, 0.6) is 0 Å². The normalized spacial score (nSPS) is 12.7. The predicted molar refractivity (Wildman–Crippen MR) is 109 cm³/mol. The van der Waals surface area contributed by atoms with Crippen LogP contribution in [0.2, 0.25) is 0 Å². The zero-order valence-corrected chi connectivity index (χ0v) is 20.9. The van der Waals surface area contributed by atoms with Gasteiger partial charge in [-0.05, 0) is 19.3 Å². The van der Waals surface area contributed by atoms with E-state index < -0.39 is 15.4 Å². The van der Waals surface area contributed by atoms with Crippen molar-refractivity contribution in [3.63, 3.8) is 0 Å². The van der Waals surface area contributed by atoms with Crippen LogP contribution < -0.4 is 29.6 Å². The summed E-state index contributed by atoms with van der Waals surface area (Å²) in [6.07, 6.45) is 19.1. The van der Waals surface area contributed by atoms with Gasteiger partial charge in [0, 0.05) is 11.9 Å². The van der Waals surface area contributed by atoms with Gasteiger partial charge >= 0.3 is 29.6 Å². The Bertz CT molecular complexity index is 388. The molecule has 0 aromatic heterocycles. The Morgan fingerprint density at radius 3 is 1.33 bits per heavy atom. The summed E-state index contributed by atoms with van der Waals surface area (Å²) in [5.41, 5.74) is 0. The molecule has 0 bridgehead atoms. The minimum absolute atomic E-state index is 0. The molecule has 6 heteroatoms. The van der Waals surface area contributed by atoms with Crippen LogP contribution in [0, 0.1) is 0 Å². The molecule has 0 saturated carbocycles. The molecule has 158 valence electrons. The minimum Gasteiger partial charge on any atom is -0.748 e. The molecule has 0 saturated heterocycles. The molecular formula is C21H43NaO4S. The Hall–Kier alpha value is 0.870. The number of aliphatic hydroxyl groups is 1. The number of aliphatic hydroxyl groups excluding tert-OH is 1. The molecule has 0 spiro atoms. The van der Waals surface area contributed by atoms with Crippen molar-refractivity contribution in [3.8, 4) is 0 Å². The van der Waals surface area contributed by atoms with E-state index in [0.717, 1.165) is 51.4 Å². The molecule has 1 atom stereocenters. The quantitative estimate of drug-likeness (QED) is 0.189. The van der Waals surface area contributed by atoms with Crippen molar-refractivity contribution in [3.05, 3.63) is 0 Å². The zero-order valence-electron chi connectivity index (χ0n) is 18.1. The molecule has 0 aromatic carbocycles. The summed E-state index contributed by atoms with van der Waals surface area (Å²) in [4.78, 5) is 0. The van der Waals surface area contributed by atoms with E-state index in [0.29, 0.717) is 19.4 Å². The summed E-state index contributed by atoms with van der Waals surface area (Å²) < 4.78 is 34.2. The average molecular weight is 415 g/mol. The van der Waals surface area contributed by atoms with E-state index >= 15 is 0 Å². The SMILES string of the molecule is CCCCCCCC(CCCCCCCCCCCCCO)S(=O)(=O)[O-].[Na+]. The Balaban J connectivity index is 0. The van der Waals surface area contributed by atoms with E-state index in [-0.39, 0.29) is 29.6 Å². The van der Waals surface area contributed by atoms with Gasteiger partial charge in [0.2, 0.25) is 0 Å². The Kier molecular flexibility index (Phi) is 24.0. The molecule has 0 aliphatic heterocycles. The fourth-order valence-corrected chi connectivity index (χ4v) is 4.39. The fraction of sp³-hybridized carbons (Fsp3) is 1.00. The van der Waals surface area contributed by atoms with Gasteiger partial charge in [0.1, 0.15) is 0 Å². The molecule has 27 heavy (non-hydrogen) atoms. The van der Waals surface area contributed by atoms with Crippen LogP contribution in [0.3, 0.4) is 0 Å². The van der Waals surface area contributed by atoms with Gasteiger partial charge in [-0.15, -0.1) is 0 Å². The molecule has 0 heterocycles. The summed E-state index contributed by atoms with van der Waals surface area (Å²) in [6, 6.07) is 0. The molecule has 0 aliphatic carbocycles. The Morgan fingerprint density at radius 2 is 1.00 bits per heavy atom. The number of hydrogen-bond donors (Lipinski definition) is 1. The molecule has 1 unspecified atom stereocenters. The summed E-state index contributed by atoms with van der Waals surface area (Å²) in [7, 11) is -4.14. The van der Waals surface area contributed by atoms with Gasteiger partial charge < -0.3 is 9.66 Å². The number of rotatable bonds is 20. The van der Waals surface area contributed by atoms with Crippen molar-refractivity contribution in [1.82, 2.24) is 0 Å². The summed E-state index contributed by atoms with van der Waals surface area (Å²) >= 11 is 0. The van der Waals surface area contributed by atoms with E-state index in [2.05, 4.69) is 6.92 Å². The van der Waals surface area contributed by atoms with Crippen LogP contribution in [0.1, 0.15) is 122 Å². The van der Waals surface area contributed by atoms with Gasteiger partial charge in [-0.2, -0.15) is 0 Å². The van der Waals surface area contributed by atoms with Gasteiger partial charge in [-0.3, -0.25) is 0 Å². The van der Waals surface area contributed by atoms with E-state index in [1.807, 2.05) is 0 Å². The largest absolute Gasteiger partial charge is 1.00 e. The second-order valence-corrected chi connectivity index (χ2v) is 9.37. The molecule has 0 rings (SSSR count). The maximum atomic E-state index is 11.4. The maximum absolute atomic E-state index is 11.4. The summed E-state index contributed by atoms with van der Waals surface area (Å²) in [5.74, 6) is 0. The van der Waals surface area contributed by atoms with E-state index in [4.69, 9.17) is 5.11 Å². The van der Waals surface area contributed by atoms with Crippen molar-refractivity contribution >= 4 is 10.1 Å². The first-order valence-corrected chi connectivity index (χ1v) is 12.5. The maximum Gasteiger partial charge on any atom is 1.00 e. The van der Waals surface area contributed by atoms with Crippen molar-refractivity contribution < 1.29 is 47.6 Å². The van der Waals surface area contributed by atoms with Gasteiger partial charge in [-0.25, -0.2) is 8.42 Å². The standard InChI is InChI=1S/C21H44O4S.Na/c1-2-3-4-12-15-18-21(26(23,24)25)19-16-13-10-8-6-5-7-9-11-14-17-20-22;/h21-22H,2-20H2,1H3,(H,23,24,25);/q;+1/p-1. The third-order valence-corrected chi connectivity index (χ3v) is 6.51. The topological polar surface area (TPSA) is 77.4 Å². The molecule has 0 aliphatic rings. The molecule has 0 aromatic rings. The van der Waals surface area contributed by atoms with Crippen LogP contribution >= 0.6 is 0 Å². The van der Waals surface area contributed by atoms with Crippen molar-refractivity contribution in [2.24, 2.45) is 0 Å². The van der Waals surface area contributed by atoms with Crippen molar-refractivity contribution in [2.75, 3.05) is 6.61 Å². The first-order chi connectivity index (χ1) is 12.5. The third-order valence-electron chi connectivity index (χ3n) is 5.22. The van der Waals surface area contributed by atoms with Gasteiger partial charge in [-0.1, -0.05) is 103 Å². The molecule has 0 fully saturated rings. The molecule has 0 radical (unpaired) electrons. The molecule has 1 N–H and O–H groups in total. The smallest absolute Gasteiger partial charge is 0.748 e. The second-order valence-electron chi connectivity index (χ2n) is 7.72. The van der Waals surface area contributed by atoms with Crippen LogP contribution in [0.25, 0.3) is 0 Å². The van der Waals surface area contributed by atoms with Crippen molar-refractivity contribution in [2.45, 2.75) is 128 Å². The Labute approximate surface area is 191 Å². The van der Waals surface area contributed by atoms with Gasteiger partial charge in [0.15, 0.2) is 0 Å². The van der Waals surface area contributed by atoms with E-state index in [9.17, 15) is 13.0 Å².